The molecule has 0 aromatic heterocycles. The first kappa shape index (κ1) is 76.6. The summed E-state index contributed by atoms with van der Waals surface area (Å²) < 4.78 is 17.0. The predicted molar refractivity (Wildman–Crippen MR) is 344 cm³/mol. The zero-order chi connectivity index (χ0) is 57.1. The maximum Gasteiger partial charge on any atom is 0.306 e. The van der Waals surface area contributed by atoms with E-state index in [0.717, 1.165) is 70.6 Å². The standard InChI is InChI=1S/C73H136O6/c1-4-7-10-13-16-19-22-25-27-28-29-30-31-32-33-34-35-36-37-38-39-40-41-42-43-44-46-48-51-54-57-60-63-66-72(75)78-69-70(68-77-71(74)65-62-59-56-53-50-47-24-21-18-15-12-9-6-3)79-73(76)67-64-61-58-55-52-49-45-26-23-20-17-14-11-8-5-2/h21-22,24-25,28-29,70H,4-20,23,26-27,30-69H2,1-3H3/b24-21-,25-22-,29-28-. The molecule has 6 nitrogen and oxygen atoms in total. The second-order valence-corrected chi connectivity index (χ2v) is 24.1. The molecule has 6 heteroatoms. The van der Waals surface area contributed by atoms with Crippen molar-refractivity contribution in [1.29, 1.82) is 0 Å². The van der Waals surface area contributed by atoms with E-state index >= 15 is 0 Å². The molecule has 0 aliphatic carbocycles. The number of hydrogen-bond donors (Lipinski definition) is 0. The fourth-order valence-electron chi connectivity index (χ4n) is 10.8. The van der Waals surface area contributed by atoms with Crippen LogP contribution in [0.1, 0.15) is 393 Å². The number of ether oxygens (including phenoxy) is 3. The molecule has 0 heterocycles. The minimum atomic E-state index is -0.771. The third-order valence-electron chi connectivity index (χ3n) is 16.1. The number of unbranched alkanes of at least 4 members (excludes halogenated alkanes) is 49. The van der Waals surface area contributed by atoms with E-state index in [1.165, 1.54) is 283 Å². The summed E-state index contributed by atoms with van der Waals surface area (Å²) in [5.74, 6) is -0.849. The zero-order valence-corrected chi connectivity index (χ0v) is 53.4. The molecule has 0 fully saturated rings. The van der Waals surface area contributed by atoms with Gasteiger partial charge in [-0.15, -0.1) is 0 Å². The highest BCUT2D eigenvalue weighted by Crippen LogP contribution is 2.18. The Morgan fingerprint density at radius 3 is 0.722 bits per heavy atom. The van der Waals surface area contributed by atoms with E-state index in [1.807, 2.05) is 0 Å². The van der Waals surface area contributed by atoms with Crippen molar-refractivity contribution < 1.29 is 28.6 Å². The van der Waals surface area contributed by atoms with Gasteiger partial charge in [0.05, 0.1) is 0 Å². The summed E-state index contributed by atoms with van der Waals surface area (Å²) in [5, 5.41) is 0. The molecule has 1 atom stereocenters. The lowest BCUT2D eigenvalue weighted by molar-refractivity contribution is -0.167. The number of carbonyl (C=O) groups excluding carboxylic acids is 3. The highest BCUT2D eigenvalue weighted by molar-refractivity contribution is 5.71. The van der Waals surface area contributed by atoms with Gasteiger partial charge in [0, 0.05) is 19.3 Å². The van der Waals surface area contributed by atoms with Crippen LogP contribution in [0.15, 0.2) is 36.5 Å². The van der Waals surface area contributed by atoms with Crippen LogP contribution in [0.4, 0.5) is 0 Å². The fourth-order valence-corrected chi connectivity index (χ4v) is 10.8. The van der Waals surface area contributed by atoms with E-state index in [2.05, 4.69) is 57.2 Å². The minimum absolute atomic E-state index is 0.0683. The van der Waals surface area contributed by atoms with E-state index in [4.69, 9.17) is 14.2 Å². The van der Waals surface area contributed by atoms with Crippen LogP contribution in [0, 0.1) is 0 Å². The van der Waals surface area contributed by atoms with Gasteiger partial charge in [0.2, 0.25) is 0 Å². The Hall–Kier alpha value is -2.37. The van der Waals surface area contributed by atoms with Gasteiger partial charge in [0.1, 0.15) is 13.2 Å². The van der Waals surface area contributed by atoms with Gasteiger partial charge in [-0.1, -0.05) is 333 Å². The second kappa shape index (κ2) is 68.1. The third-order valence-corrected chi connectivity index (χ3v) is 16.1. The lowest BCUT2D eigenvalue weighted by Gasteiger charge is -2.18. The van der Waals surface area contributed by atoms with Gasteiger partial charge in [0.15, 0.2) is 6.10 Å². The van der Waals surface area contributed by atoms with Crippen molar-refractivity contribution in [3.8, 4) is 0 Å². The van der Waals surface area contributed by atoms with Gasteiger partial charge in [-0.3, -0.25) is 14.4 Å². The average Bonchev–Trinajstić information content (AvgIpc) is 3.45. The van der Waals surface area contributed by atoms with Crippen molar-refractivity contribution in [3.05, 3.63) is 36.5 Å². The predicted octanol–water partition coefficient (Wildman–Crippen LogP) is 24.3. The molecule has 0 rings (SSSR count). The van der Waals surface area contributed by atoms with Crippen LogP contribution in [-0.2, 0) is 28.6 Å². The quantitative estimate of drug-likeness (QED) is 0.0261. The molecule has 0 amide bonds. The molecular formula is C73H136O6. The number of esters is 3. The molecule has 0 aliphatic rings. The van der Waals surface area contributed by atoms with E-state index in [9.17, 15) is 14.4 Å². The first-order valence-electron chi connectivity index (χ1n) is 35.5. The lowest BCUT2D eigenvalue weighted by atomic mass is 10.0. The Kier molecular flexibility index (Phi) is 66.1. The Bertz CT molecular complexity index is 1320. The van der Waals surface area contributed by atoms with Crippen LogP contribution in [0.25, 0.3) is 0 Å². The molecule has 0 aliphatic heterocycles. The van der Waals surface area contributed by atoms with Crippen LogP contribution in [0.5, 0.6) is 0 Å². The molecule has 79 heavy (non-hydrogen) atoms. The van der Waals surface area contributed by atoms with Gasteiger partial charge >= 0.3 is 17.9 Å². The van der Waals surface area contributed by atoms with Crippen molar-refractivity contribution in [1.82, 2.24) is 0 Å². The van der Waals surface area contributed by atoms with Gasteiger partial charge in [-0.05, 0) is 77.0 Å². The summed E-state index contributed by atoms with van der Waals surface area (Å²) in [6.45, 7) is 6.67. The van der Waals surface area contributed by atoms with Gasteiger partial charge in [-0.2, -0.15) is 0 Å². The maximum absolute atomic E-state index is 12.9. The summed E-state index contributed by atoms with van der Waals surface area (Å²) in [4.78, 5) is 38.3. The van der Waals surface area contributed by atoms with Crippen LogP contribution in [0.2, 0.25) is 0 Å². The number of carbonyl (C=O) groups is 3. The van der Waals surface area contributed by atoms with Crippen LogP contribution in [-0.4, -0.2) is 37.2 Å². The molecule has 0 saturated carbocycles. The molecule has 0 spiro atoms. The molecule has 464 valence electrons. The average molecular weight is 1110 g/mol. The van der Waals surface area contributed by atoms with E-state index in [1.54, 1.807) is 0 Å². The van der Waals surface area contributed by atoms with Gasteiger partial charge in [-0.25, -0.2) is 0 Å². The topological polar surface area (TPSA) is 78.9 Å². The molecular weight excluding hydrogens is 973 g/mol. The molecule has 0 saturated heterocycles. The molecule has 0 bridgehead atoms. The smallest absolute Gasteiger partial charge is 0.306 e. The summed E-state index contributed by atoms with van der Waals surface area (Å²) >= 11 is 0. The number of allylic oxidation sites excluding steroid dienone is 6. The Morgan fingerprint density at radius 1 is 0.253 bits per heavy atom. The van der Waals surface area contributed by atoms with Crippen molar-refractivity contribution >= 4 is 17.9 Å². The van der Waals surface area contributed by atoms with E-state index < -0.39 is 6.10 Å². The van der Waals surface area contributed by atoms with Gasteiger partial charge < -0.3 is 14.2 Å². The zero-order valence-electron chi connectivity index (χ0n) is 53.4. The molecule has 0 N–H and O–H groups in total. The first-order valence-corrected chi connectivity index (χ1v) is 35.5. The Balaban J connectivity index is 4.08. The maximum atomic E-state index is 12.9. The van der Waals surface area contributed by atoms with Crippen LogP contribution >= 0.6 is 0 Å². The Labute approximate surface area is 493 Å². The van der Waals surface area contributed by atoms with Crippen molar-refractivity contribution in [2.75, 3.05) is 13.2 Å². The second-order valence-electron chi connectivity index (χ2n) is 24.1. The summed E-state index contributed by atoms with van der Waals surface area (Å²) in [6, 6.07) is 0. The summed E-state index contributed by atoms with van der Waals surface area (Å²) in [5.41, 5.74) is 0. The fraction of sp³-hybridized carbons (Fsp3) is 0.877. The first-order chi connectivity index (χ1) is 39.0. The minimum Gasteiger partial charge on any atom is -0.462 e. The number of rotatable bonds is 66. The molecule has 1 unspecified atom stereocenters. The highest BCUT2D eigenvalue weighted by Gasteiger charge is 2.19. The van der Waals surface area contributed by atoms with Crippen molar-refractivity contribution in [3.63, 3.8) is 0 Å². The molecule has 0 aromatic rings. The largest absolute Gasteiger partial charge is 0.462 e. The summed E-state index contributed by atoms with van der Waals surface area (Å²) in [6.07, 6.45) is 84.7. The highest BCUT2D eigenvalue weighted by atomic mass is 16.6. The monoisotopic (exact) mass is 1110 g/mol. The Morgan fingerprint density at radius 2 is 0.456 bits per heavy atom. The van der Waals surface area contributed by atoms with Crippen molar-refractivity contribution in [2.24, 2.45) is 0 Å². The normalized spacial score (nSPS) is 12.2. The van der Waals surface area contributed by atoms with Crippen LogP contribution in [0.3, 0.4) is 0 Å². The third kappa shape index (κ3) is 66.3. The SMILES string of the molecule is CCCCCC/C=C\CCCCCCCC(=O)OCC(COC(=O)CCCCCCCCCCCCCCCCCCCCCCC/C=C\C/C=C\CCCCCCC)OC(=O)CCCCCCCCCCCCCCCCC. The van der Waals surface area contributed by atoms with Gasteiger partial charge in [0.25, 0.3) is 0 Å². The van der Waals surface area contributed by atoms with Crippen molar-refractivity contribution in [2.45, 2.75) is 399 Å². The number of hydrogen-bond acceptors (Lipinski definition) is 6. The lowest BCUT2D eigenvalue weighted by Crippen LogP contribution is -2.30. The van der Waals surface area contributed by atoms with Crippen LogP contribution < -0.4 is 0 Å². The molecule has 0 radical (unpaired) electrons. The molecule has 0 aromatic carbocycles. The van der Waals surface area contributed by atoms with E-state index in [0.29, 0.717) is 19.3 Å². The van der Waals surface area contributed by atoms with E-state index in [-0.39, 0.29) is 31.1 Å². The summed E-state index contributed by atoms with van der Waals surface area (Å²) in [7, 11) is 0.